The zero-order chi connectivity index (χ0) is 18.2. The predicted octanol–water partition coefficient (Wildman–Crippen LogP) is 2.10. The van der Waals surface area contributed by atoms with Gasteiger partial charge in [-0.15, -0.1) is 0 Å². The number of hydrogen-bond donors (Lipinski definition) is 3. The van der Waals surface area contributed by atoms with Gasteiger partial charge >= 0.3 is 6.03 Å². The van der Waals surface area contributed by atoms with E-state index in [1.807, 2.05) is 30.3 Å². The van der Waals surface area contributed by atoms with Gasteiger partial charge < -0.3 is 15.4 Å². The van der Waals surface area contributed by atoms with Gasteiger partial charge in [0.2, 0.25) is 0 Å². The molecule has 3 amide bonds. The highest BCUT2D eigenvalue weighted by Crippen LogP contribution is 2.18. The van der Waals surface area contributed by atoms with E-state index >= 15 is 0 Å². The van der Waals surface area contributed by atoms with Crippen LogP contribution in [0.1, 0.15) is 18.4 Å². The van der Waals surface area contributed by atoms with E-state index < -0.39 is 0 Å². The number of carbonyl (C=O) groups excluding carboxylic acids is 2. The number of rotatable bonds is 8. The van der Waals surface area contributed by atoms with Gasteiger partial charge in [-0.2, -0.15) is 0 Å². The lowest BCUT2D eigenvalue weighted by atomic mass is 10.1. The molecule has 0 bridgehead atoms. The molecular formula is C19H22N4O3. The fraction of sp³-hybridized carbons (Fsp3) is 0.316. The van der Waals surface area contributed by atoms with Gasteiger partial charge in [-0.25, -0.2) is 9.78 Å². The van der Waals surface area contributed by atoms with E-state index in [0.29, 0.717) is 30.6 Å². The van der Waals surface area contributed by atoms with Crippen LogP contribution in [0.25, 0.3) is 0 Å². The molecule has 0 atom stereocenters. The lowest BCUT2D eigenvalue weighted by Crippen LogP contribution is -2.30. The molecule has 7 nitrogen and oxygen atoms in total. The number of nitrogens with zero attached hydrogens (tertiary/aromatic N) is 1. The van der Waals surface area contributed by atoms with Crippen molar-refractivity contribution in [3.05, 3.63) is 54.2 Å². The molecule has 7 heteroatoms. The summed E-state index contributed by atoms with van der Waals surface area (Å²) in [5.41, 5.74) is 1.07. The Morgan fingerprint density at radius 3 is 2.62 bits per heavy atom. The Morgan fingerprint density at radius 2 is 1.92 bits per heavy atom. The van der Waals surface area contributed by atoms with Crippen LogP contribution in [-0.2, 0) is 11.2 Å². The summed E-state index contributed by atoms with van der Waals surface area (Å²) in [6, 6.07) is 12.9. The van der Waals surface area contributed by atoms with E-state index in [-0.39, 0.29) is 18.5 Å². The van der Waals surface area contributed by atoms with Crippen molar-refractivity contribution in [3.63, 3.8) is 0 Å². The zero-order valence-electron chi connectivity index (χ0n) is 14.4. The first-order valence-corrected chi connectivity index (χ1v) is 8.66. The number of aromatic nitrogens is 1. The van der Waals surface area contributed by atoms with E-state index in [1.165, 1.54) is 0 Å². The van der Waals surface area contributed by atoms with Crippen LogP contribution in [0.2, 0.25) is 0 Å². The number of hydrogen-bond acceptors (Lipinski definition) is 4. The van der Waals surface area contributed by atoms with Gasteiger partial charge in [-0.05, 0) is 49.1 Å². The van der Waals surface area contributed by atoms with Crippen LogP contribution in [0.5, 0.6) is 5.75 Å². The van der Waals surface area contributed by atoms with E-state index in [9.17, 15) is 9.59 Å². The standard InChI is InChI=1S/C19H22N4O3/c24-18(22-15-6-7-15)13-26-16-8-4-14(5-9-16)10-12-21-19(25)23-17-3-1-2-11-20-17/h1-5,8-9,11,15H,6-7,10,12-13H2,(H,22,24)(H2,20,21,23,25). The molecule has 26 heavy (non-hydrogen) atoms. The maximum Gasteiger partial charge on any atom is 0.320 e. The summed E-state index contributed by atoms with van der Waals surface area (Å²) in [6.07, 6.45) is 4.44. The molecule has 3 N–H and O–H groups in total. The first-order valence-electron chi connectivity index (χ1n) is 8.66. The molecule has 1 fully saturated rings. The van der Waals surface area contributed by atoms with E-state index in [4.69, 9.17) is 4.74 Å². The molecular weight excluding hydrogens is 332 g/mol. The van der Waals surface area contributed by atoms with Crippen LogP contribution in [0, 0.1) is 0 Å². The molecule has 1 aliphatic rings. The third-order valence-corrected chi connectivity index (χ3v) is 3.84. The first-order chi connectivity index (χ1) is 12.7. The number of benzene rings is 1. The van der Waals surface area contributed by atoms with Gasteiger partial charge in [0.25, 0.3) is 5.91 Å². The molecule has 0 radical (unpaired) electrons. The van der Waals surface area contributed by atoms with Crippen molar-refractivity contribution in [2.75, 3.05) is 18.5 Å². The molecule has 1 aromatic carbocycles. The molecule has 0 unspecified atom stereocenters. The second kappa shape index (κ2) is 8.84. The van der Waals surface area contributed by atoms with Crippen molar-refractivity contribution >= 4 is 17.8 Å². The molecule has 136 valence electrons. The largest absolute Gasteiger partial charge is 0.484 e. The zero-order valence-corrected chi connectivity index (χ0v) is 14.4. The summed E-state index contributed by atoms with van der Waals surface area (Å²) < 4.78 is 5.46. The maximum absolute atomic E-state index is 11.8. The third kappa shape index (κ3) is 6.08. The number of ether oxygens (including phenoxy) is 1. The Morgan fingerprint density at radius 1 is 1.12 bits per heavy atom. The Hall–Kier alpha value is -3.09. The number of carbonyl (C=O) groups is 2. The normalized spacial score (nSPS) is 12.9. The highest BCUT2D eigenvalue weighted by atomic mass is 16.5. The number of urea groups is 1. The number of amides is 3. The Kier molecular flexibility index (Phi) is 6.03. The van der Waals surface area contributed by atoms with E-state index in [0.717, 1.165) is 18.4 Å². The fourth-order valence-corrected chi connectivity index (χ4v) is 2.32. The van der Waals surface area contributed by atoms with Crippen molar-refractivity contribution in [2.24, 2.45) is 0 Å². The van der Waals surface area contributed by atoms with Crippen molar-refractivity contribution < 1.29 is 14.3 Å². The molecule has 1 aromatic heterocycles. The molecule has 0 saturated heterocycles. The second-order valence-corrected chi connectivity index (χ2v) is 6.12. The lowest BCUT2D eigenvalue weighted by Gasteiger charge is -2.09. The topological polar surface area (TPSA) is 92.3 Å². The predicted molar refractivity (Wildman–Crippen MR) is 98.1 cm³/mol. The lowest BCUT2D eigenvalue weighted by molar-refractivity contribution is -0.123. The van der Waals surface area contributed by atoms with Gasteiger partial charge in [-0.3, -0.25) is 10.1 Å². The fourth-order valence-electron chi connectivity index (χ4n) is 2.32. The van der Waals surface area contributed by atoms with Gasteiger partial charge in [0.05, 0.1) is 0 Å². The monoisotopic (exact) mass is 354 g/mol. The van der Waals surface area contributed by atoms with Crippen LogP contribution in [0.4, 0.5) is 10.6 Å². The molecule has 0 spiro atoms. The van der Waals surface area contributed by atoms with E-state index in [1.54, 1.807) is 18.3 Å². The van der Waals surface area contributed by atoms with Gasteiger partial charge in [-0.1, -0.05) is 18.2 Å². The summed E-state index contributed by atoms with van der Waals surface area (Å²) >= 11 is 0. The molecule has 1 aliphatic carbocycles. The summed E-state index contributed by atoms with van der Waals surface area (Å²) in [6.45, 7) is 0.535. The Balaban J connectivity index is 1.34. The highest BCUT2D eigenvalue weighted by Gasteiger charge is 2.23. The Labute approximate surface area is 152 Å². The van der Waals surface area contributed by atoms with Crippen molar-refractivity contribution in [1.82, 2.24) is 15.6 Å². The van der Waals surface area contributed by atoms with Crippen LogP contribution < -0.4 is 20.7 Å². The molecule has 1 saturated carbocycles. The van der Waals surface area contributed by atoms with Crippen molar-refractivity contribution in [2.45, 2.75) is 25.3 Å². The number of anilines is 1. The number of nitrogens with one attached hydrogen (secondary N) is 3. The van der Waals surface area contributed by atoms with Gasteiger partial charge in [0.1, 0.15) is 11.6 Å². The average Bonchev–Trinajstić information content (AvgIpc) is 3.46. The van der Waals surface area contributed by atoms with E-state index in [2.05, 4.69) is 20.9 Å². The smallest absolute Gasteiger partial charge is 0.320 e. The molecule has 2 aromatic rings. The van der Waals surface area contributed by atoms with Crippen molar-refractivity contribution in [3.8, 4) is 5.75 Å². The van der Waals surface area contributed by atoms with Crippen molar-refractivity contribution in [1.29, 1.82) is 0 Å². The van der Waals surface area contributed by atoms with Crippen LogP contribution in [-0.4, -0.2) is 36.1 Å². The summed E-state index contributed by atoms with van der Waals surface area (Å²) in [7, 11) is 0. The Bertz CT molecular complexity index is 730. The summed E-state index contributed by atoms with van der Waals surface area (Å²) in [5.74, 6) is 1.08. The highest BCUT2D eigenvalue weighted by molar-refractivity contribution is 5.88. The first kappa shape index (κ1) is 17.7. The average molecular weight is 354 g/mol. The maximum atomic E-state index is 11.8. The minimum Gasteiger partial charge on any atom is -0.484 e. The van der Waals surface area contributed by atoms with Gasteiger partial charge in [0, 0.05) is 18.8 Å². The van der Waals surface area contributed by atoms with Gasteiger partial charge in [0.15, 0.2) is 6.61 Å². The minimum atomic E-state index is -0.287. The minimum absolute atomic E-state index is 0.0328. The molecule has 1 heterocycles. The second-order valence-electron chi connectivity index (χ2n) is 6.12. The molecule has 0 aliphatic heterocycles. The van der Waals surface area contributed by atoms with Crippen LogP contribution in [0.15, 0.2) is 48.7 Å². The SMILES string of the molecule is O=C(COc1ccc(CCNC(=O)Nc2ccccn2)cc1)NC1CC1. The summed E-state index contributed by atoms with van der Waals surface area (Å²) in [4.78, 5) is 27.4. The quantitative estimate of drug-likeness (QED) is 0.677. The van der Waals surface area contributed by atoms with Crippen LogP contribution >= 0.6 is 0 Å². The third-order valence-electron chi connectivity index (χ3n) is 3.84. The van der Waals surface area contributed by atoms with Crippen LogP contribution in [0.3, 0.4) is 0 Å². The summed E-state index contributed by atoms with van der Waals surface area (Å²) in [5, 5.41) is 8.32. The number of pyridine rings is 1. The molecule has 3 rings (SSSR count).